The second kappa shape index (κ2) is 11.2. The lowest BCUT2D eigenvalue weighted by molar-refractivity contribution is -0.128. The Hall–Kier alpha value is -3.60. The lowest BCUT2D eigenvalue weighted by Gasteiger charge is -2.18. The van der Waals surface area contributed by atoms with Crippen molar-refractivity contribution in [1.82, 2.24) is 14.5 Å². The van der Waals surface area contributed by atoms with Crippen LogP contribution in [0.3, 0.4) is 0 Å². The summed E-state index contributed by atoms with van der Waals surface area (Å²) in [6, 6.07) is 25.0. The molecule has 0 bridgehead atoms. The maximum absolute atomic E-state index is 12.9. The number of likely N-dealkylation sites (tertiary alicyclic amines) is 1. The van der Waals surface area contributed by atoms with E-state index in [9.17, 15) is 4.79 Å². The predicted octanol–water partition coefficient (Wildman–Crippen LogP) is 6.84. The number of para-hydroxylation sites is 2. The molecule has 2 heterocycles. The minimum atomic E-state index is 0.112. The lowest BCUT2D eigenvalue weighted by atomic mass is 10.0. The standard InChI is InChI=1S/C32H37N3O2/c1-23(2)27-16-15-24(3)19-30(27)37-18-10-9-17-35-29-14-8-7-13-28(29)33-32(35)26-20-31(36)34(22-26)21-25-11-5-4-6-12-25/h4-8,11-16,19,23,26H,9-10,17-18,20-22H2,1-3H3. The Morgan fingerprint density at radius 2 is 1.78 bits per heavy atom. The third kappa shape index (κ3) is 5.71. The number of imidazole rings is 1. The number of ether oxygens (including phenoxy) is 1. The molecule has 1 unspecified atom stereocenters. The van der Waals surface area contributed by atoms with Crippen molar-refractivity contribution in [3.63, 3.8) is 0 Å². The van der Waals surface area contributed by atoms with Gasteiger partial charge in [0.15, 0.2) is 0 Å². The van der Waals surface area contributed by atoms with Crippen LogP contribution in [0, 0.1) is 6.92 Å². The molecule has 1 aliphatic heterocycles. The van der Waals surface area contributed by atoms with Crippen molar-refractivity contribution in [2.75, 3.05) is 13.2 Å². The monoisotopic (exact) mass is 495 g/mol. The first-order chi connectivity index (χ1) is 18.0. The van der Waals surface area contributed by atoms with Gasteiger partial charge < -0.3 is 14.2 Å². The van der Waals surface area contributed by atoms with Crippen molar-refractivity contribution in [3.8, 4) is 5.75 Å². The Labute approximate surface area is 220 Å². The quantitative estimate of drug-likeness (QED) is 0.226. The van der Waals surface area contributed by atoms with Crippen LogP contribution in [0.25, 0.3) is 11.0 Å². The Balaban J connectivity index is 1.25. The van der Waals surface area contributed by atoms with Gasteiger partial charge >= 0.3 is 0 Å². The predicted molar refractivity (Wildman–Crippen MR) is 149 cm³/mol. The van der Waals surface area contributed by atoms with E-state index in [-0.39, 0.29) is 11.8 Å². The SMILES string of the molecule is Cc1ccc(C(C)C)c(OCCCCn2c(C3CC(=O)N(Cc4ccccc4)C3)nc3ccccc32)c1. The average molecular weight is 496 g/mol. The highest BCUT2D eigenvalue weighted by molar-refractivity contribution is 5.81. The van der Waals surface area contributed by atoms with Gasteiger partial charge in [0, 0.05) is 32.0 Å². The van der Waals surface area contributed by atoms with Gasteiger partial charge in [-0.25, -0.2) is 4.98 Å². The summed E-state index contributed by atoms with van der Waals surface area (Å²) in [5.74, 6) is 2.80. The number of aryl methyl sites for hydroxylation is 2. The summed E-state index contributed by atoms with van der Waals surface area (Å²) < 4.78 is 8.56. The number of aromatic nitrogens is 2. The van der Waals surface area contributed by atoms with E-state index >= 15 is 0 Å². The maximum Gasteiger partial charge on any atom is 0.223 e. The third-order valence-electron chi connectivity index (χ3n) is 7.30. The highest BCUT2D eigenvalue weighted by atomic mass is 16.5. The smallest absolute Gasteiger partial charge is 0.223 e. The largest absolute Gasteiger partial charge is 0.493 e. The Kier molecular flexibility index (Phi) is 7.59. The summed E-state index contributed by atoms with van der Waals surface area (Å²) in [7, 11) is 0. The molecule has 37 heavy (non-hydrogen) atoms. The molecular weight excluding hydrogens is 458 g/mol. The van der Waals surface area contributed by atoms with Crippen molar-refractivity contribution in [1.29, 1.82) is 0 Å². The zero-order chi connectivity index (χ0) is 25.8. The molecule has 3 aromatic carbocycles. The van der Waals surface area contributed by atoms with Gasteiger partial charge in [-0.1, -0.05) is 68.4 Å². The minimum absolute atomic E-state index is 0.112. The molecule has 1 fully saturated rings. The highest BCUT2D eigenvalue weighted by Gasteiger charge is 2.33. The van der Waals surface area contributed by atoms with Gasteiger partial charge in [-0.2, -0.15) is 0 Å². The van der Waals surface area contributed by atoms with Crippen LogP contribution in [-0.4, -0.2) is 33.5 Å². The normalized spacial score (nSPS) is 15.7. The molecule has 1 amide bonds. The molecule has 5 heteroatoms. The fraction of sp³-hybridized carbons (Fsp3) is 0.375. The van der Waals surface area contributed by atoms with Crippen LogP contribution in [0.2, 0.25) is 0 Å². The molecule has 0 N–H and O–H groups in total. The Bertz CT molecular complexity index is 1360. The first kappa shape index (κ1) is 25.1. The van der Waals surface area contributed by atoms with Crippen molar-refractivity contribution >= 4 is 16.9 Å². The minimum Gasteiger partial charge on any atom is -0.493 e. The number of benzene rings is 3. The molecular formula is C32H37N3O2. The fourth-order valence-electron chi connectivity index (χ4n) is 5.34. The maximum atomic E-state index is 12.9. The Morgan fingerprint density at radius 1 is 1.00 bits per heavy atom. The van der Waals surface area contributed by atoms with Gasteiger partial charge in [-0.05, 0) is 60.6 Å². The Morgan fingerprint density at radius 3 is 2.59 bits per heavy atom. The first-order valence-electron chi connectivity index (χ1n) is 13.5. The average Bonchev–Trinajstić information content (AvgIpc) is 3.44. The van der Waals surface area contributed by atoms with Crippen LogP contribution in [0.5, 0.6) is 5.75 Å². The third-order valence-corrected chi connectivity index (χ3v) is 7.30. The molecule has 5 rings (SSSR count). The molecule has 1 aromatic heterocycles. The molecule has 1 aliphatic rings. The number of fused-ring (bicyclic) bond motifs is 1. The van der Waals surface area contributed by atoms with E-state index in [0.29, 0.717) is 32.0 Å². The summed E-state index contributed by atoms with van der Waals surface area (Å²) in [5, 5.41) is 0. The van der Waals surface area contributed by atoms with Crippen LogP contribution in [0.4, 0.5) is 0 Å². The molecule has 0 saturated carbocycles. The van der Waals surface area contributed by atoms with E-state index < -0.39 is 0 Å². The van der Waals surface area contributed by atoms with Crippen LogP contribution >= 0.6 is 0 Å². The summed E-state index contributed by atoms with van der Waals surface area (Å²) >= 11 is 0. The zero-order valence-corrected chi connectivity index (χ0v) is 22.2. The van der Waals surface area contributed by atoms with E-state index in [4.69, 9.17) is 9.72 Å². The molecule has 192 valence electrons. The van der Waals surface area contributed by atoms with Crippen molar-refractivity contribution in [2.24, 2.45) is 0 Å². The van der Waals surface area contributed by atoms with Gasteiger partial charge in [0.1, 0.15) is 11.6 Å². The molecule has 5 nitrogen and oxygen atoms in total. The number of rotatable bonds is 10. The number of nitrogens with zero attached hydrogens (tertiary/aromatic N) is 3. The van der Waals surface area contributed by atoms with E-state index in [1.807, 2.05) is 29.2 Å². The van der Waals surface area contributed by atoms with Crippen LogP contribution in [-0.2, 0) is 17.9 Å². The van der Waals surface area contributed by atoms with E-state index in [1.165, 1.54) is 16.7 Å². The number of carbonyl (C=O) groups excluding carboxylic acids is 1. The summed E-state index contributed by atoms with van der Waals surface area (Å²) in [6.45, 7) is 9.45. The van der Waals surface area contributed by atoms with Gasteiger partial charge in [-0.15, -0.1) is 0 Å². The fourth-order valence-corrected chi connectivity index (χ4v) is 5.34. The van der Waals surface area contributed by atoms with Crippen molar-refractivity contribution in [2.45, 2.75) is 65.0 Å². The van der Waals surface area contributed by atoms with Crippen LogP contribution < -0.4 is 4.74 Å². The molecule has 4 aromatic rings. The molecule has 1 saturated heterocycles. The van der Waals surface area contributed by atoms with E-state index in [1.54, 1.807) is 0 Å². The number of carbonyl (C=O) groups is 1. The van der Waals surface area contributed by atoms with Crippen LogP contribution in [0.1, 0.15) is 67.5 Å². The number of unbranched alkanes of at least 4 members (excludes halogenated alkanes) is 1. The van der Waals surface area contributed by atoms with Crippen LogP contribution in [0.15, 0.2) is 72.8 Å². The molecule has 0 aliphatic carbocycles. The number of hydrogen-bond acceptors (Lipinski definition) is 3. The van der Waals surface area contributed by atoms with Gasteiger partial charge in [0.2, 0.25) is 5.91 Å². The van der Waals surface area contributed by atoms with E-state index in [0.717, 1.165) is 42.0 Å². The molecule has 1 atom stereocenters. The summed E-state index contributed by atoms with van der Waals surface area (Å²) in [6.07, 6.45) is 2.47. The molecule has 0 radical (unpaired) electrons. The van der Waals surface area contributed by atoms with E-state index in [2.05, 4.69) is 73.9 Å². The molecule has 0 spiro atoms. The second-order valence-corrected chi connectivity index (χ2v) is 10.5. The van der Waals surface area contributed by atoms with Crippen molar-refractivity contribution < 1.29 is 9.53 Å². The highest BCUT2D eigenvalue weighted by Crippen LogP contribution is 2.32. The van der Waals surface area contributed by atoms with Crippen molar-refractivity contribution in [3.05, 3.63) is 95.3 Å². The topological polar surface area (TPSA) is 47.4 Å². The lowest BCUT2D eigenvalue weighted by Crippen LogP contribution is -2.24. The van der Waals surface area contributed by atoms with Gasteiger partial charge in [-0.3, -0.25) is 4.79 Å². The zero-order valence-electron chi connectivity index (χ0n) is 22.2. The van der Waals surface area contributed by atoms with Gasteiger partial charge in [0.25, 0.3) is 0 Å². The summed E-state index contributed by atoms with van der Waals surface area (Å²) in [4.78, 5) is 19.9. The van der Waals surface area contributed by atoms with Gasteiger partial charge in [0.05, 0.1) is 17.6 Å². The number of hydrogen-bond donors (Lipinski definition) is 0. The first-order valence-corrected chi connectivity index (χ1v) is 13.5. The summed E-state index contributed by atoms with van der Waals surface area (Å²) in [5.41, 5.74) is 5.80. The second-order valence-electron chi connectivity index (χ2n) is 10.5. The number of amides is 1.